The number of nitrogens with one attached hydrogen (secondary N) is 1. The zero-order valence-corrected chi connectivity index (χ0v) is 11.6. The van der Waals surface area contributed by atoms with E-state index in [1.165, 1.54) is 23.5 Å². The third-order valence-corrected chi connectivity index (χ3v) is 3.57. The van der Waals surface area contributed by atoms with Crippen LogP contribution in [0.4, 0.5) is 10.5 Å². The van der Waals surface area contributed by atoms with E-state index in [1.54, 1.807) is 0 Å². The van der Waals surface area contributed by atoms with E-state index in [4.69, 9.17) is 5.11 Å². The molecule has 0 aromatic carbocycles. The number of likely N-dealkylation sites (tertiary alicyclic amines) is 1. The molecule has 1 saturated heterocycles. The van der Waals surface area contributed by atoms with Crippen molar-refractivity contribution in [1.82, 2.24) is 14.7 Å². The molecule has 7 heteroatoms. The molecule has 1 atom stereocenters. The number of amides is 2. The second kappa shape index (κ2) is 6.40. The van der Waals surface area contributed by atoms with Gasteiger partial charge in [-0.2, -0.15) is 5.10 Å². The fourth-order valence-electron chi connectivity index (χ4n) is 2.44. The zero-order valence-electron chi connectivity index (χ0n) is 11.6. The van der Waals surface area contributed by atoms with Crippen LogP contribution in [0.5, 0.6) is 0 Å². The molecule has 1 aromatic heterocycles. The second-order valence-corrected chi connectivity index (χ2v) is 5.11. The van der Waals surface area contributed by atoms with Gasteiger partial charge in [0.1, 0.15) is 6.54 Å². The zero-order chi connectivity index (χ0) is 14.5. The molecule has 20 heavy (non-hydrogen) atoms. The largest absolute Gasteiger partial charge is 0.480 e. The first-order chi connectivity index (χ1) is 9.58. The van der Waals surface area contributed by atoms with Crippen LogP contribution in [0.25, 0.3) is 0 Å². The van der Waals surface area contributed by atoms with Crippen LogP contribution in [-0.4, -0.2) is 44.9 Å². The van der Waals surface area contributed by atoms with E-state index in [0.717, 1.165) is 25.9 Å². The number of hydrogen-bond acceptors (Lipinski definition) is 3. The van der Waals surface area contributed by atoms with Gasteiger partial charge in [0.05, 0.1) is 11.9 Å². The molecular weight excluding hydrogens is 260 g/mol. The Hall–Kier alpha value is -2.05. The molecule has 0 bridgehead atoms. The van der Waals surface area contributed by atoms with Crippen molar-refractivity contribution in [2.45, 2.75) is 32.7 Å². The normalized spacial score (nSPS) is 18.9. The Bertz CT molecular complexity index is 486. The van der Waals surface area contributed by atoms with Gasteiger partial charge in [0.25, 0.3) is 0 Å². The summed E-state index contributed by atoms with van der Waals surface area (Å²) in [6.45, 7) is 3.48. The van der Waals surface area contributed by atoms with Crippen LogP contribution in [0.3, 0.4) is 0 Å². The molecule has 2 heterocycles. The first-order valence-corrected chi connectivity index (χ1v) is 6.88. The Kier molecular flexibility index (Phi) is 4.60. The maximum atomic E-state index is 12.1. The number of carboxylic acids is 1. The average Bonchev–Trinajstić information content (AvgIpc) is 2.85. The monoisotopic (exact) mass is 280 g/mol. The fourth-order valence-corrected chi connectivity index (χ4v) is 2.44. The van der Waals surface area contributed by atoms with E-state index in [2.05, 4.69) is 17.3 Å². The Morgan fingerprint density at radius 3 is 3.05 bits per heavy atom. The van der Waals surface area contributed by atoms with Crippen molar-refractivity contribution in [2.24, 2.45) is 5.92 Å². The molecule has 1 fully saturated rings. The fraction of sp³-hybridized carbons (Fsp3) is 0.615. The van der Waals surface area contributed by atoms with Gasteiger partial charge in [-0.3, -0.25) is 9.48 Å². The van der Waals surface area contributed by atoms with E-state index in [9.17, 15) is 9.59 Å². The summed E-state index contributed by atoms with van der Waals surface area (Å²) in [5.41, 5.74) is 0.523. The Labute approximate surface area is 117 Å². The first kappa shape index (κ1) is 14.4. The van der Waals surface area contributed by atoms with E-state index in [0.29, 0.717) is 11.6 Å². The molecule has 1 unspecified atom stereocenters. The predicted octanol–water partition coefficient (Wildman–Crippen LogP) is 1.62. The van der Waals surface area contributed by atoms with Gasteiger partial charge in [-0.15, -0.1) is 0 Å². The van der Waals surface area contributed by atoms with Crippen molar-refractivity contribution in [2.75, 3.05) is 18.4 Å². The molecule has 1 aliphatic heterocycles. The van der Waals surface area contributed by atoms with Crippen LogP contribution in [0.1, 0.15) is 26.2 Å². The quantitative estimate of drug-likeness (QED) is 0.877. The van der Waals surface area contributed by atoms with Gasteiger partial charge in [0.15, 0.2) is 0 Å². The van der Waals surface area contributed by atoms with Crippen molar-refractivity contribution < 1.29 is 14.7 Å². The molecule has 1 aliphatic rings. The number of hydrogen-bond donors (Lipinski definition) is 2. The van der Waals surface area contributed by atoms with Crippen LogP contribution in [0.2, 0.25) is 0 Å². The van der Waals surface area contributed by atoms with Gasteiger partial charge in [-0.1, -0.05) is 13.3 Å². The second-order valence-electron chi connectivity index (χ2n) is 5.11. The minimum absolute atomic E-state index is 0.141. The highest BCUT2D eigenvalue weighted by molar-refractivity contribution is 5.89. The molecular formula is C13H20N4O3. The number of anilines is 1. The van der Waals surface area contributed by atoms with Crippen LogP contribution in [-0.2, 0) is 11.3 Å². The van der Waals surface area contributed by atoms with Gasteiger partial charge in [-0.05, 0) is 18.8 Å². The SMILES string of the molecule is CCC1CCCN(C(=O)Nc2cnn(CC(=O)O)c2)C1. The van der Waals surface area contributed by atoms with E-state index >= 15 is 0 Å². The van der Waals surface area contributed by atoms with Gasteiger partial charge < -0.3 is 15.3 Å². The molecule has 2 amide bonds. The maximum Gasteiger partial charge on any atom is 0.325 e. The maximum absolute atomic E-state index is 12.1. The minimum atomic E-state index is -0.965. The van der Waals surface area contributed by atoms with Crippen molar-refractivity contribution in [3.05, 3.63) is 12.4 Å². The smallest absolute Gasteiger partial charge is 0.325 e. The average molecular weight is 280 g/mol. The minimum Gasteiger partial charge on any atom is -0.480 e. The molecule has 0 aliphatic carbocycles. The number of urea groups is 1. The van der Waals surface area contributed by atoms with Crippen LogP contribution < -0.4 is 5.32 Å². The Balaban J connectivity index is 1.90. The summed E-state index contributed by atoms with van der Waals surface area (Å²) in [5.74, 6) is -0.392. The number of carbonyl (C=O) groups excluding carboxylic acids is 1. The van der Waals surface area contributed by atoms with Crippen molar-refractivity contribution in [1.29, 1.82) is 0 Å². The number of carboxylic acid groups (broad SMARTS) is 1. The highest BCUT2D eigenvalue weighted by Crippen LogP contribution is 2.19. The summed E-state index contributed by atoms with van der Waals surface area (Å²) in [7, 11) is 0. The number of carbonyl (C=O) groups is 2. The molecule has 0 radical (unpaired) electrons. The highest BCUT2D eigenvalue weighted by Gasteiger charge is 2.22. The van der Waals surface area contributed by atoms with Crippen molar-refractivity contribution in [3.8, 4) is 0 Å². The summed E-state index contributed by atoms with van der Waals surface area (Å²) < 4.78 is 1.28. The molecule has 110 valence electrons. The predicted molar refractivity (Wildman–Crippen MR) is 73.5 cm³/mol. The molecule has 2 rings (SSSR count). The summed E-state index contributed by atoms with van der Waals surface area (Å²) in [6, 6.07) is -0.141. The summed E-state index contributed by atoms with van der Waals surface area (Å²) in [4.78, 5) is 24.5. The van der Waals surface area contributed by atoms with Gasteiger partial charge in [0.2, 0.25) is 0 Å². The molecule has 0 saturated carbocycles. The third kappa shape index (κ3) is 3.72. The molecule has 2 N–H and O–H groups in total. The number of aromatic nitrogens is 2. The number of piperidine rings is 1. The topological polar surface area (TPSA) is 87.5 Å². The van der Waals surface area contributed by atoms with Crippen molar-refractivity contribution in [3.63, 3.8) is 0 Å². The van der Waals surface area contributed by atoms with E-state index in [-0.39, 0.29) is 12.6 Å². The number of aliphatic carboxylic acids is 1. The van der Waals surface area contributed by atoms with E-state index in [1.807, 2.05) is 4.90 Å². The van der Waals surface area contributed by atoms with E-state index < -0.39 is 5.97 Å². The highest BCUT2D eigenvalue weighted by atomic mass is 16.4. The lowest BCUT2D eigenvalue weighted by Crippen LogP contribution is -2.42. The van der Waals surface area contributed by atoms with Crippen LogP contribution in [0.15, 0.2) is 12.4 Å². The Morgan fingerprint density at radius 2 is 2.35 bits per heavy atom. The van der Waals surface area contributed by atoms with Gasteiger partial charge >= 0.3 is 12.0 Å². The molecule has 0 spiro atoms. The first-order valence-electron chi connectivity index (χ1n) is 6.88. The summed E-state index contributed by atoms with van der Waals surface area (Å²) >= 11 is 0. The lowest BCUT2D eigenvalue weighted by molar-refractivity contribution is -0.137. The number of rotatable bonds is 4. The lowest BCUT2D eigenvalue weighted by Gasteiger charge is -2.32. The molecule has 7 nitrogen and oxygen atoms in total. The lowest BCUT2D eigenvalue weighted by atomic mass is 9.96. The van der Waals surface area contributed by atoms with Gasteiger partial charge in [0, 0.05) is 19.3 Å². The van der Waals surface area contributed by atoms with Crippen molar-refractivity contribution >= 4 is 17.7 Å². The Morgan fingerprint density at radius 1 is 1.55 bits per heavy atom. The van der Waals surface area contributed by atoms with Crippen LogP contribution in [0, 0.1) is 5.92 Å². The summed E-state index contributed by atoms with van der Waals surface area (Å²) in [6.07, 6.45) is 6.27. The van der Waals surface area contributed by atoms with Gasteiger partial charge in [-0.25, -0.2) is 4.79 Å². The standard InChI is InChI=1S/C13H20N4O3/c1-2-10-4-3-5-16(7-10)13(20)15-11-6-14-17(8-11)9-12(18)19/h6,8,10H,2-5,7,9H2,1H3,(H,15,20)(H,18,19). The third-order valence-electron chi connectivity index (χ3n) is 3.57. The van der Waals surface area contributed by atoms with Crippen LogP contribution >= 0.6 is 0 Å². The summed E-state index contributed by atoms with van der Waals surface area (Å²) in [5, 5.41) is 15.3. The molecule has 1 aromatic rings. The number of nitrogens with zero attached hydrogens (tertiary/aromatic N) is 3.